The van der Waals surface area contributed by atoms with Gasteiger partial charge in [-0.2, -0.15) is 0 Å². The van der Waals surface area contributed by atoms with Gasteiger partial charge in [0.05, 0.1) is 12.1 Å². The lowest BCUT2D eigenvalue weighted by Crippen LogP contribution is -2.33. The zero-order valence-electron chi connectivity index (χ0n) is 11.6. The third kappa shape index (κ3) is 4.60. The Morgan fingerprint density at radius 2 is 2.06 bits per heavy atom. The maximum atomic E-state index is 6.08. The van der Waals surface area contributed by atoms with E-state index in [0.29, 0.717) is 0 Å². The van der Waals surface area contributed by atoms with Gasteiger partial charge in [-0.05, 0) is 37.1 Å². The van der Waals surface area contributed by atoms with Crippen LogP contribution in [0.5, 0.6) is 0 Å². The number of nitrogens with one attached hydrogen (secondary N) is 1. The van der Waals surface area contributed by atoms with Crippen LogP contribution in [0.25, 0.3) is 0 Å². The standard InChI is InChI=1S/C15H24ClNO/c1-4-7-14(18-3)15(17-10-5-2)12-8-6-9-13(16)11-12/h6,8-9,11,14-15,17H,4-5,7,10H2,1-3H3. The first-order valence-electron chi connectivity index (χ1n) is 6.74. The van der Waals surface area contributed by atoms with E-state index in [-0.39, 0.29) is 12.1 Å². The van der Waals surface area contributed by atoms with E-state index in [2.05, 4.69) is 25.2 Å². The molecule has 2 unspecified atom stereocenters. The molecule has 0 bridgehead atoms. The highest BCUT2D eigenvalue weighted by atomic mass is 35.5. The average molecular weight is 270 g/mol. The maximum absolute atomic E-state index is 6.08. The molecule has 0 heterocycles. The molecule has 1 aromatic rings. The summed E-state index contributed by atoms with van der Waals surface area (Å²) in [5.74, 6) is 0. The van der Waals surface area contributed by atoms with Crippen molar-refractivity contribution < 1.29 is 4.74 Å². The van der Waals surface area contributed by atoms with Gasteiger partial charge in [0.2, 0.25) is 0 Å². The highest BCUT2D eigenvalue weighted by Gasteiger charge is 2.21. The predicted molar refractivity (Wildman–Crippen MR) is 78.2 cm³/mol. The second-order valence-corrected chi connectivity index (χ2v) is 4.99. The topological polar surface area (TPSA) is 21.3 Å². The fourth-order valence-electron chi connectivity index (χ4n) is 2.17. The Labute approximate surface area is 116 Å². The van der Waals surface area contributed by atoms with Crippen LogP contribution < -0.4 is 5.32 Å². The largest absolute Gasteiger partial charge is 0.379 e. The lowest BCUT2D eigenvalue weighted by Gasteiger charge is -2.27. The van der Waals surface area contributed by atoms with Crippen molar-refractivity contribution in [2.24, 2.45) is 0 Å². The molecule has 18 heavy (non-hydrogen) atoms. The summed E-state index contributed by atoms with van der Waals surface area (Å²) >= 11 is 6.08. The van der Waals surface area contributed by atoms with Crippen molar-refractivity contribution in [1.82, 2.24) is 5.32 Å². The molecule has 0 saturated heterocycles. The van der Waals surface area contributed by atoms with Crippen molar-refractivity contribution in [3.8, 4) is 0 Å². The molecule has 0 aliphatic carbocycles. The Bertz CT molecular complexity index is 343. The van der Waals surface area contributed by atoms with Crippen LogP contribution in [0.1, 0.15) is 44.7 Å². The molecule has 0 spiro atoms. The molecule has 1 N–H and O–H groups in total. The quantitative estimate of drug-likeness (QED) is 0.764. The van der Waals surface area contributed by atoms with Crippen molar-refractivity contribution in [2.45, 2.75) is 45.3 Å². The van der Waals surface area contributed by atoms with Crippen LogP contribution in [0.4, 0.5) is 0 Å². The van der Waals surface area contributed by atoms with E-state index in [4.69, 9.17) is 16.3 Å². The van der Waals surface area contributed by atoms with E-state index in [1.165, 1.54) is 5.56 Å². The van der Waals surface area contributed by atoms with Gasteiger partial charge in [0.25, 0.3) is 0 Å². The molecular weight excluding hydrogens is 246 g/mol. The highest BCUT2D eigenvalue weighted by Crippen LogP contribution is 2.24. The monoisotopic (exact) mass is 269 g/mol. The summed E-state index contributed by atoms with van der Waals surface area (Å²) in [7, 11) is 1.78. The van der Waals surface area contributed by atoms with E-state index in [0.717, 1.165) is 30.8 Å². The normalized spacial score (nSPS) is 14.4. The Morgan fingerprint density at radius 1 is 1.28 bits per heavy atom. The lowest BCUT2D eigenvalue weighted by atomic mass is 9.98. The van der Waals surface area contributed by atoms with E-state index in [1.807, 2.05) is 18.2 Å². The Morgan fingerprint density at radius 3 is 2.61 bits per heavy atom. The summed E-state index contributed by atoms with van der Waals surface area (Å²) in [6.45, 7) is 5.34. The molecule has 1 rings (SSSR count). The Kier molecular flexibility index (Phi) is 7.33. The number of hydrogen-bond donors (Lipinski definition) is 1. The Balaban J connectivity index is 2.88. The number of methoxy groups -OCH3 is 1. The molecule has 0 amide bonds. The van der Waals surface area contributed by atoms with Crippen molar-refractivity contribution >= 4 is 11.6 Å². The van der Waals surface area contributed by atoms with Crippen LogP contribution in [0, 0.1) is 0 Å². The Hall–Kier alpha value is -0.570. The van der Waals surface area contributed by atoms with Gasteiger partial charge in [0.1, 0.15) is 0 Å². The van der Waals surface area contributed by atoms with E-state index in [1.54, 1.807) is 7.11 Å². The molecular formula is C15H24ClNO. The summed E-state index contributed by atoms with van der Waals surface area (Å²) in [5, 5.41) is 4.34. The zero-order valence-corrected chi connectivity index (χ0v) is 12.3. The smallest absolute Gasteiger partial charge is 0.0765 e. The van der Waals surface area contributed by atoms with E-state index >= 15 is 0 Å². The second kappa shape index (κ2) is 8.52. The van der Waals surface area contributed by atoms with Gasteiger partial charge in [-0.15, -0.1) is 0 Å². The highest BCUT2D eigenvalue weighted by molar-refractivity contribution is 6.30. The summed E-state index contributed by atoms with van der Waals surface area (Å²) in [6, 6.07) is 8.26. The van der Waals surface area contributed by atoms with E-state index < -0.39 is 0 Å². The molecule has 0 fully saturated rings. The number of benzene rings is 1. The van der Waals surface area contributed by atoms with Gasteiger partial charge in [-0.3, -0.25) is 0 Å². The van der Waals surface area contributed by atoms with Crippen LogP contribution in [0.15, 0.2) is 24.3 Å². The molecule has 1 aromatic carbocycles. The summed E-state index contributed by atoms with van der Waals surface area (Å²) < 4.78 is 5.64. The maximum Gasteiger partial charge on any atom is 0.0765 e. The fourth-order valence-corrected chi connectivity index (χ4v) is 2.37. The SMILES string of the molecule is CCCNC(c1cccc(Cl)c1)C(CCC)OC. The summed E-state index contributed by atoms with van der Waals surface area (Å²) in [6.07, 6.45) is 3.47. The number of ether oxygens (including phenoxy) is 1. The number of halogens is 1. The number of hydrogen-bond acceptors (Lipinski definition) is 2. The second-order valence-electron chi connectivity index (χ2n) is 4.55. The third-order valence-corrected chi connectivity index (χ3v) is 3.30. The van der Waals surface area contributed by atoms with Crippen molar-refractivity contribution in [3.63, 3.8) is 0 Å². The van der Waals surface area contributed by atoms with E-state index in [9.17, 15) is 0 Å². The first kappa shape index (κ1) is 15.5. The molecule has 0 saturated carbocycles. The zero-order chi connectivity index (χ0) is 13.4. The van der Waals surface area contributed by atoms with Crippen molar-refractivity contribution in [3.05, 3.63) is 34.9 Å². The van der Waals surface area contributed by atoms with Crippen LogP contribution in [0.2, 0.25) is 5.02 Å². The predicted octanol–water partition coefficient (Wildman–Crippen LogP) is 4.20. The van der Waals surface area contributed by atoms with Gasteiger partial charge in [0, 0.05) is 12.1 Å². The van der Waals surface area contributed by atoms with Crippen molar-refractivity contribution in [1.29, 1.82) is 0 Å². The molecule has 3 heteroatoms. The first-order chi connectivity index (χ1) is 8.72. The van der Waals surface area contributed by atoms with Gasteiger partial charge in [-0.25, -0.2) is 0 Å². The van der Waals surface area contributed by atoms with Crippen LogP contribution in [-0.4, -0.2) is 19.8 Å². The molecule has 0 radical (unpaired) electrons. The van der Waals surface area contributed by atoms with Gasteiger partial charge in [0.15, 0.2) is 0 Å². The van der Waals surface area contributed by atoms with Crippen LogP contribution >= 0.6 is 11.6 Å². The van der Waals surface area contributed by atoms with Crippen molar-refractivity contribution in [2.75, 3.05) is 13.7 Å². The first-order valence-corrected chi connectivity index (χ1v) is 7.12. The van der Waals surface area contributed by atoms with Crippen LogP contribution in [0.3, 0.4) is 0 Å². The minimum atomic E-state index is 0.194. The molecule has 0 aliphatic heterocycles. The molecule has 2 atom stereocenters. The lowest BCUT2D eigenvalue weighted by molar-refractivity contribution is 0.0606. The van der Waals surface area contributed by atoms with Gasteiger partial charge < -0.3 is 10.1 Å². The molecule has 102 valence electrons. The van der Waals surface area contributed by atoms with Gasteiger partial charge in [-0.1, -0.05) is 44.0 Å². The molecule has 0 aromatic heterocycles. The minimum Gasteiger partial charge on any atom is -0.379 e. The third-order valence-electron chi connectivity index (χ3n) is 3.07. The summed E-state index contributed by atoms with van der Waals surface area (Å²) in [4.78, 5) is 0. The fraction of sp³-hybridized carbons (Fsp3) is 0.600. The van der Waals surface area contributed by atoms with Crippen LogP contribution in [-0.2, 0) is 4.74 Å². The van der Waals surface area contributed by atoms with Gasteiger partial charge >= 0.3 is 0 Å². The molecule has 2 nitrogen and oxygen atoms in total. The number of rotatable bonds is 8. The average Bonchev–Trinajstić information content (AvgIpc) is 2.38. The summed E-state index contributed by atoms with van der Waals surface area (Å²) in [5.41, 5.74) is 1.20. The molecule has 0 aliphatic rings. The minimum absolute atomic E-state index is 0.194.